The van der Waals surface area contributed by atoms with Crippen LogP contribution in [0.5, 0.6) is 5.75 Å². The minimum absolute atomic E-state index is 0.0187. The van der Waals surface area contributed by atoms with E-state index in [0.29, 0.717) is 13.2 Å². The maximum absolute atomic E-state index is 11.8. The normalized spacial score (nSPS) is 10.5. The van der Waals surface area contributed by atoms with Gasteiger partial charge in [-0.2, -0.15) is 0 Å². The molecule has 0 aliphatic carbocycles. The van der Waals surface area contributed by atoms with E-state index in [0.717, 1.165) is 28.3 Å². The van der Waals surface area contributed by atoms with Gasteiger partial charge in [0.15, 0.2) is 0 Å². The summed E-state index contributed by atoms with van der Waals surface area (Å²) in [4.78, 5) is 11.8. The van der Waals surface area contributed by atoms with Crippen molar-refractivity contribution in [3.8, 4) is 5.75 Å². The molecule has 0 atom stereocenters. The number of para-hydroxylation sites is 1. The Labute approximate surface area is 166 Å². The van der Waals surface area contributed by atoms with Crippen molar-refractivity contribution in [3.63, 3.8) is 0 Å². The van der Waals surface area contributed by atoms with Crippen molar-refractivity contribution in [2.45, 2.75) is 27.0 Å². The number of anilines is 2. The molecule has 0 aliphatic rings. The van der Waals surface area contributed by atoms with Crippen LogP contribution in [0.3, 0.4) is 0 Å². The van der Waals surface area contributed by atoms with Crippen LogP contribution in [0.15, 0.2) is 78.9 Å². The second-order valence-electron chi connectivity index (χ2n) is 6.96. The molecule has 0 aromatic heterocycles. The molecule has 0 fully saturated rings. The number of carbonyl (C=O) groups is 1. The van der Waals surface area contributed by atoms with Gasteiger partial charge >= 0.3 is 0 Å². The molecular formula is C24H26N2O2. The van der Waals surface area contributed by atoms with E-state index < -0.39 is 0 Å². The van der Waals surface area contributed by atoms with E-state index in [1.165, 1.54) is 0 Å². The highest BCUT2D eigenvalue weighted by Crippen LogP contribution is 2.22. The molecule has 0 saturated heterocycles. The van der Waals surface area contributed by atoms with Gasteiger partial charge in [-0.3, -0.25) is 4.79 Å². The van der Waals surface area contributed by atoms with E-state index in [-0.39, 0.29) is 11.8 Å². The molecule has 28 heavy (non-hydrogen) atoms. The average Bonchev–Trinajstić information content (AvgIpc) is 2.73. The first kappa shape index (κ1) is 19.5. The van der Waals surface area contributed by atoms with Gasteiger partial charge in [-0.1, -0.05) is 62.4 Å². The Kier molecular flexibility index (Phi) is 6.68. The van der Waals surface area contributed by atoms with Gasteiger partial charge in [-0.05, 0) is 35.9 Å². The van der Waals surface area contributed by atoms with Crippen LogP contribution in [0.2, 0.25) is 0 Å². The van der Waals surface area contributed by atoms with Crippen LogP contribution in [0.4, 0.5) is 11.4 Å². The number of hydrogen-bond donors (Lipinski definition) is 2. The summed E-state index contributed by atoms with van der Waals surface area (Å²) in [5, 5.41) is 6.31. The lowest BCUT2D eigenvalue weighted by Gasteiger charge is -2.13. The van der Waals surface area contributed by atoms with E-state index in [1.807, 2.05) is 74.5 Å². The standard InChI is InChI=1S/C24H26N2O2/c1-18(2)24(27)26-22-14-12-21(13-15-22)25-16-20-10-6-7-11-23(20)28-17-19-8-4-3-5-9-19/h3-15,18,25H,16-17H2,1-2H3,(H,26,27). The molecule has 3 aromatic rings. The number of rotatable bonds is 8. The molecule has 0 spiro atoms. The predicted octanol–water partition coefficient (Wildman–Crippen LogP) is 5.47. The largest absolute Gasteiger partial charge is 0.489 e. The molecule has 0 bridgehead atoms. The van der Waals surface area contributed by atoms with Crippen LogP contribution >= 0.6 is 0 Å². The van der Waals surface area contributed by atoms with E-state index in [4.69, 9.17) is 4.74 Å². The first-order valence-corrected chi connectivity index (χ1v) is 9.51. The Bertz CT molecular complexity index is 890. The first-order chi connectivity index (χ1) is 13.6. The fraction of sp³-hybridized carbons (Fsp3) is 0.208. The molecule has 0 heterocycles. The molecule has 4 heteroatoms. The summed E-state index contributed by atoms with van der Waals surface area (Å²) in [6.45, 7) is 4.95. The van der Waals surface area contributed by atoms with Gasteiger partial charge in [0.25, 0.3) is 0 Å². The number of hydrogen-bond acceptors (Lipinski definition) is 3. The van der Waals surface area contributed by atoms with Gasteiger partial charge in [-0.15, -0.1) is 0 Å². The van der Waals surface area contributed by atoms with E-state index in [2.05, 4.69) is 28.8 Å². The number of benzene rings is 3. The van der Waals surface area contributed by atoms with E-state index >= 15 is 0 Å². The highest BCUT2D eigenvalue weighted by molar-refractivity contribution is 5.92. The zero-order chi connectivity index (χ0) is 19.8. The fourth-order valence-electron chi connectivity index (χ4n) is 2.68. The first-order valence-electron chi connectivity index (χ1n) is 9.51. The van der Waals surface area contributed by atoms with Gasteiger partial charge in [0.1, 0.15) is 12.4 Å². The molecule has 0 unspecified atom stereocenters. The van der Waals surface area contributed by atoms with Crippen LogP contribution in [-0.2, 0) is 17.9 Å². The Morgan fingerprint density at radius 2 is 1.50 bits per heavy atom. The second kappa shape index (κ2) is 9.60. The van der Waals surface area contributed by atoms with Crippen LogP contribution in [-0.4, -0.2) is 5.91 Å². The zero-order valence-electron chi connectivity index (χ0n) is 16.3. The molecule has 0 radical (unpaired) electrons. The monoisotopic (exact) mass is 374 g/mol. The molecule has 1 amide bonds. The quantitative estimate of drug-likeness (QED) is 0.549. The summed E-state index contributed by atoms with van der Waals surface area (Å²) in [6.07, 6.45) is 0. The molecule has 2 N–H and O–H groups in total. The maximum atomic E-state index is 11.8. The van der Waals surface area contributed by atoms with Gasteiger partial charge in [-0.25, -0.2) is 0 Å². The molecule has 3 aromatic carbocycles. The van der Waals surface area contributed by atoms with Gasteiger partial charge in [0, 0.05) is 29.4 Å². The van der Waals surface area contributed by atoms with Crippen molar-refractivity contribution in [1.82, 2.24) is 0 Å². The molecular weight excluding hydrogens is 348 g/mol. The summed E-state index contributed by atoms with van der Waals surface area (Å²) in [7, 11) is 0. The number of nitrogens with one attached hydrogen (secondary N) is 2. The minimum atomic E-state index is -0.0369. The van der Waals surface area contributed by atoms with Gasteiger partial charge < -0.3 is 15.4 Å². The third-order valence-corrected chi connectivity index (χ3v) is 4.37. The lowest BCUT2D eigenvalue weighted by molar-refractivity contribution is -0.118. The number of ether oxygens (including phenoxy) is 1. The summed E-state index contributed by atoms with van der Waals surface area (Å²) in [5.74, 6) is 0.857. The second-order valence-corrected chi connectivity index (χ2v) is 6.96. The number of amides is 1. The van der Waals surface area contributed by atoms with Crippen molar-refractivity contribution in [1.29, 1.82) is 0 Å². The van der Waals surface area contributed by atoms with Crippen molar-refractivity contribution in [2.75, 3.05) is 10.6 Å². The van der Waals surface area contributed by atoms with Crippen molar-refractivity contribution in [2.24, 2.45) is 5.92 Å². The topological polar surface area (TPSA) is 50.4 Å². The van der Waals surface area contributed by atoms with E-state index in [1.54, 1.807) is 0 Å². The number of carbonyl (C=O) groups excluding carboxylic acids is 1. The molecule has 144 valence electrons. The summed E-state index contributed by atoms with van der Waals surface area (Å²) >= 11 is 0. The summed E-state index contributed by atoms with van der Waals surface area (Å²) in [5.41, 5.74) is 4.02. The Balaban J connectivity index is 1.58. The highest BCUT2D eigenvalue weighted by Gasteiger charge is 2.07. The molecule has 0 aliphatic heterocycles. The maximum Gasteiger partial charge on any atom is 0.226 e. The zero-order valence-corrected chi connectivity index (χ0v) is 16.3. The Morgan fingerprint density at radius 1 is 0.857 bits per heavy atom. The van der Waals surface area contributed by atoms with E-state index in [9.17, 15) is 4.79 Å². The molecule has 0 saturated carbocycles. The summed E-state index contributed by atoms with van der Waals surface area (Å²) in [6, 6.07) is 25.9. The Hall–Kier alpha value is -3.27. The fourth-order valence-corrected chi connectivity index (χ4v) is 2.68. The van der Waals surface area contributed by atoms with Crippen molar-refractivity contribution < 1.29 is 9.53 Å². The molecule has 4 nitrogen and oxygen atoms in total. The third kappa shape index (κ3) is 5.61. The lowest BCUT2D eigenvalue weighted by atomic mass is 10.2. The average molecular weight is 374 g/mol. The summed E-state index contributed by atoms with van der Waals surface area (Å²) < 4.78 is 6.01. The van der Waals surface area contributed by atoms with Crippen LogP contribution in [0.25, 0.3) is 0 Å². The molecule has 3 rings (SSSR count). The third-order valence-electron chi connectivity index (χ3n) is 4.37. The van der Waals surface area contributed by atoms with Crippen molar-refractivity contribution in [3.05, 3.63) is 90.0 Å². The smallest absolute Gasteiger partial charge is 0.226 e. The SMILES string of the molecule is CC(C)C(=O)Nc1ccc(NCc2ccccc2OCc2ccccc2)cc1. The van der Waals surface area contributed by atoms with Crippen molar-refractivity contribution >= 4 is 17.3 Å². The van der Waals surface area contributed by atoms with Gasteiger partial charge in [0.2, 0.25) is 5.91 Å². The van der Waals surface area contributed by atoms with Gasteiger partial charge in [0.05, 0.1) is 0 Å². The van der Waals surface area contributed by atoms with Crippen LogP contribution < -0.4 is 15.4 Å². The highest BCUT2D eigenvalue weighted by atomic mass is 16.5. The Morgan fingerprint density at radius 3 is 2.21 bits per heavy atom. The van der Waals surface area contributed by atoms with Crippen LogP contribution in [0, 0.1) is 5.92 Å². The van der Waals surface area contributed by atoms with Crippen LogP contribution in [0.1, 0.15) is 25.0 Å². The predicted molar refractivity (Wildman–Crippen MR) is 114 cm³/mol. The lowest BCUT2D eigenvalue weighted by Crippen LogP contribution is -2.17. The minimum Gasteiger partial charge on any atom is -0.489 e.